The van der Waals surface area contributed by atoms with Gasteiger partial charge in [0.2, 0.25) is 0 Å². The van der Waals surface area contributed by atoms with Crippen molar-refractivity contribution < 1.29 is 14.6 Å². The van der Waals surface area contributed by atoms with E-state index in [1.165, 1.54) is 17.0 Å². The van der Waals surface area contributed by atoms with Crippen molar-refractivity contribution in [3.63, 3.8) is 0 Å². The summed E-state index contributed by atoms with van der Waals surface area (Å²) in [6.45, 7) is 7.64. The van der Waals surface area contributed by atoms with Gasteiger partial charge in [0.15, 0.2) is 0 Å². The number of hydrogen-bond donors (Lipinski definition) is 1. The fraction of sp³-hybridized carbons (Fsp3) is 0.500. The van der Waals surface area contributed by atoms with E-state index >= 15 is 0 Å². The van der Waals surface area contributed by atoms with Crippen molar-refractivity contribution in [2.24, 2.45) is 5.92 Å². The molecule has 4 heteroatoms. The molecule has 1 aromatic carbocycles. The van der Waals surface area contributed by atoms with Gasteiger partial charge in [0.05, 0.1) is 0 Å². The van der Waals surface area contributed by atoms with Gasteiger partial charge in [0, 0.05) is 0 Å². The maximum atomic E-state index is 11.1. The van der Waals surface area contributed by atoms with Crippen LogP contribution in [-0.2, 0) is 9.53 Å². The number of rotatable bonds is 5. The molecule has 1 aliphatic rings. The van der Waals surface area contributed by atoms with E-state index in [-0.39, 0.29) is 32.3 Å². The monoisotopic (exact) mass is 368 g/mol. The second kappa shape index (κ2) is 7.45. The number of benzene rings is 1. The molecule has 1 aliphatic carbocycles. The zero-order valence-electron chi connectivity index (χ0n) is 13.2. The van der Waals surface area contributed by atoms with Gasteiger partial charge in [-0.2, -0.15) is 0 Å². The van der Waals surface area contributed by atoms with Crippen LogP contribution in [0.2, 0.25) is 4.82 Å². The summed E-state index contributed by atoms with van der Waals surface area (Å²) in [6.07, 6.45) is 2.49. The molecule has 120 valence electrons. The van der Waals surface area contributed by atoms with Crippen molar-refractivity contribution in [1.82, 2.24) is 0 Å². The van der Waals surface area contributed by atoms with Crippen LogP contribution in [0.3, 0.4) is 0 Å². The van der Waals surface area contributed by atoms with Crippen LogP contribution in [0.1, 0.15) is 33.1 Å². The van der Waals surface area contributed by atoms with E-state index in [4.69, 9.17) is 4.74 Å². The fourth-order valence-corrected chi connectivity index (χ4v) is 5.73. The van der Waals surface area contributed by atoms with Gasteiger partial charge in [-0.05, 0) is 0 Å². The van der Waals surface area contributed by atoms with E-state index in [0.717, 1.165) is 12.8 Å². The standard InChI is InChI=1S/C18H24O3Se/c1-13(2)15-9-10-18(20,12-21-14(3)19)17(11-15)22-16-7-5-4-6-8-16/h4-8,15,17,20H,1,9-12H2,2-3H3/t15-,17-,18+/m0/s1. The summed E-state index contributed by atoms with van der Waals surface area (Å²) in [5.41, 5.74) is 0.274. The number of carbonyl (C=O) groups is 1. The van der Waals surface area contributed by atoms with E-state index in [1.54, 1.807) is 0 Å². The average molecular weight is 367 g/mol. The summed E-state index contributed by atoms with van der Waals surface area (Å²) in [7, 11) is 0. The Morgan fingerprint density at radius 3 is 2.68 bits per heavy atom. The normalized spacial score (nSPS) is 28.1. The molecule has 0 amide bonds. The van der Waals surface area contributed by atoms with E-state index in [2.05, 4.69) is 25.6 Å². The molecule has 22 heavy (non-hydrogen) atoms. The van der Waals surface area contributed by atoms with Gasteiger partial charge in [-0.15, -0.1) is 0 Å². The van der Waals surface area contributed by atoms with Crippen LogP contribution in [0.4, 0.5) is 0 Å². The molecule has 0 saturated heterocycles. The second-order valence-corrected chi connectivity index (χ2v) is 8.80. The number of carbonyl (C=O) groups excluding carboxylic acids is 1. The van der Waals surface area contributed by atoms with Crippen LogP contribution in [0, 0.1) is 5.92 Å². The van der Waals surface area contributed by atoms with Crippen LogP contribution >= 0.6 is 0 Å². The molecule has 0 unspecified atom stereocenters. The number of allylic oxidation sites excluding steroid dienone is 1. The van der Waals surface area contributed by atoms with Crippen LogP contribution in [0.15, 0.2) is 42.5 Å². The van der Waals surface area contributed by atoms with Gasteiger partial charge in [-0.1, -0.05) is 0 Å². The van der Waals surface area contributed by atoms with E-state index in [0.29, 0.717) is 12.3 Å². The minimum atomic E-state index is -0.909. The zero-order chi connectivity index (χ0) is 16.2. The Hall–Kier alpha value is -1.09. The molecule has 0 heterocycles. The van der Waals surface area contributed by atoms with Crippen molar-refractivity contribution in [2.75, 3.05) is 6.61 Å². The first-order chi connectivity index (χ1) is 10.4. The number of ether oxygens (including phenoxy) is 1. The van der Waals surface area contributed by atoms with Crippen LogP contribution in [-0.4, -0.2) is 38.2 Å². The molecule has 1 saturated carbocycles. The van der Waals surface area contributed by atoms with Gasteiger partial charge >= 0.3 is 139 Å². The second-order valence-electron chi connectivity index (χ2n) is 6.12. The molecule has 3 nitrogen and oxygen atoms in total. The van der Waals surface area contributed by atoms with Gasteiger partial charge < -0.3 is 0 Å². The fourth-order valence-electron chi connectivity index (χ4n) is 2.84. The Balaban J connectivity index is 2.15. The molecule has 2 rings (SSSR count). The summed E-state index contributed by atoms with van der Waals surface area (Å²) in [5, 5.41) is 11.0. The third-order valence-corrected chi connectivity index (χ3v) is 7.33. The van der Waals surface area contributed by atoms with Crippen molar-refractivity contribution in [2.45, 2.75) is 43.5 Å². The molecule has 1 N–H and O–H groups in total. The quantitative estimate of drug-likeness (QED) is 0.494. The first kappa shape index (κ1) is 17.3. The van der Waals surface area contributed by atoms with Crippen molar-refractivity contribution in [3.8, 4) is 0 Å². The van der Waals surface area contributed by atoms with Crippen molar-refractivity contribution >= 4 is 25.4 Å². The van der Waals surface area contributed by atoms with Crippen LogP contribution in [0.5, 0.6) is 0 Å². The Kier molecular flexibility index (Phi) is 5.85. The number of aliphatic hydroxyl groups is 1. The van der Waals surface area contributed by atoms with E-state index < -0.39 is 5.60 Å². The van der Waals surface area contributed by atoms with Crippen LogP contribution < -0.4 is 4.46 Å². The molecule has 0 aliphatic heterocycles. The zero-order valence-corrected chi connectivity index (χ0v) is 15.0. The van der Waals surface area contributed by atoms with Gasteiger partial charge in [-0.3, -0.25) is 0 Å². The predicted octanol–water partition coefficient (Wildman–Crippen LogP) is 2.48. The summed E-state index contributed by atoms with van der Waals surface area (Å²) < 4.78 is 6.41. The summed E-state index contributed by atoms with van der Waals surface area (Å²) in [6, 6.07) is 10.3. The summed E-state index contributed by atoms with van der Waals surface area (Å²) >= 11 is 0.143. The topological polar surface area (TPSA) is 46.5 Å². The SMILES string of the molecule is C=C(C)[C@H]1CC[C@@](O)(COC(C)=O)[C@@H]([Se]c2ccccc2)C1. The molecule has 0 radical (unpaired) electrons. The molecular weight excluding hydrogens is 343 g/mol. The third-order valence-electron chi connectivity index (χ3n) is 4.27. The summed E-state index contributed by atoms with van der Waals surface area (Å²) in [5.74, 6) is 0.120. The Bertz CT molecular complexity index is 528. The number of esters is 1. The molecule has 1 aromatic rings. The van der Waals surface area contributed by atoms with Gasteiger partial charge in [0.25, 0.3) is 0 Å². The Labute approximate surface area is 138 Å². The van der Waals surface area contributed by atoms with E-state index in [9.17, 15) is 9.90 Å². The number of hydrogen-bond acceptors (Lipinski definition) is 3. The maximum absolute atomic E-state index is 11.1. The molecule has 0 bridgehead atoms. The molecule has 3 atom stereocenters. The average Bonchev–Trinajstić information content (AvgIpc) is 2.48. The molecular formula is C18H24O3Se. The summed E-state index contributed by atoms with van der Waals surface area (Å²) in [4.78, 5) is 11.3. The van der Waals surface area contributed by atoms with Gasteiger partial charge in [0.1, 0.15) is 0 Å². The Morgan fingerprint density at radius 1 is 1.41 bits per heavy atom. The molecule has 0 aromatic heterocycles. The van der Waals surface area contributed by atoms with Crippen molar-refractivity contribution in [1.29, 1.82) is 0 Å². The van der Waals surface area contributed by atoms with Crippen LogP contribution in [0.25, 0.3) is 0 Å². The first-order valence-electron chi connectivity index (χ1n) is 7.63. The third kappa shape index (κ3) is 4.45. The first-order valence-corrected chi connectivity index (χ1v) is 9.48. The Morgan fingerprint density at radius 2 is 2.09 bits per heavy atom. The predicted molar refractivity (Wildman–Crippen MR) is 89.3 cm³/mol. The molecule has 0 spiro atoms. The van der Waals surface area contributed by atoms with E-state index in [1.807, 2.05) is 18.2 Å². The molecule has 1 fully saturated rings. The van der Waals surface area contributed by atoms with Crippen molar-refractivity contribution in [3.05, 3.63) is 42.5 Å². The minimum absolute atomic E-state index is 0.102. The van der Waals surface area contributed by atoms with Gasteiger partial charge in [-0.25, -0.2) is 0 Å².